The monoisotopic (exact) mass is 337 g/mol. The Labute approximate surface area is 152 Å². The molecule has 0 saturated heterocycles. The standard InChI is InChI=1S/C23H19N3/c1-25-23(21-13-11-17-7-3-5-9-19(17)15-21)26-22(24)20-12-10-16-6-2-4-8-18(16)14-20/h2-15H,1H3,(H2,24,25,26). The Morgan fingerprint density at radius 2 is 1.19 bits per heavy atom. The smallest absolute Gasteiger partial charge is 0.154 e. The number of hydrogen-bond donors (Lipinski definition) is 2. The molecule has 0 aromatic heterocycles. The van der Waals surface area contributed by atoms with Gasteiger partial charge in [0.25, 0.3) is 0 Å². The van der Waals surface area contributed by atoms with Gasteiger partial charge >= 0.3 is 0 Å². The summed E-state index contributed by atoms with van der Waals surface area (Å²) in [6.45, 7) is 0. The Kier molecular flexibility index (Phi) is 4.20. The largest absolute Gasteiger partial charge is 0.373 e. The molecule has 3 nitrogen and oxygen atoms in total. The lowest BCUT2D eigenvalue weighted by Crippen LogP contribution is -2.21. The van der Waals surface area contributed by atoms with Gasteiger partial charge in [0.05, 0.1) is 0 Å². The zero-order valence-electron chi connectivity index (χ0n) is 14.5. The predicted octanol–water partition coefficient (Wildman–Crippen LogP) is 4.98. The van der Waals surface area contributed by atoms with Crippen molar-refractivity contribution < 1.29 is 0 Å². The summed E-state index contributed by atoms with van der Waals surface area (Å²) in [6.07, 6.45) is 0. The zero-order chi connectivity index (χ0) is 17.9. The highest BCUT2D eigenvalue weighted by Gasteiger charge is 2.07. The van der Waals surface area contributed by atoms with Crippen LogP contribution in [0.2, 0.25) is 0 Å². The molecule has 0 aliphatic carbocycles. The lowest BCUT2D eigenvalue weighted by atomic mass is 10.1. The van der Waals surface area contributed by atoms with Crippen LogP contribution in [-0.4, -0.2) is 18.7 Å². The quantitative estimate of drug-likeness (QED) is 0.393. The second kappa shape index (κ2) is 6.81. The van der Waals surface area contributed by atoms with Crippen molar-refractivity contribution in [3.63, 3.8) is 0 Å². The zero-order valence-corrected chi connectivity index (χ0v) is 14.5. The van der Waals surface area contributed by atoms with Crippen LogP contribution in [0.5, 0.6) is 0 Å². The Morgan fingerprint density at radius 3 is 1.77 bits per heavy atom. The summed E-state index contributed by atoms with van der Waals surface area (Å²) in [4.78, 5) is 4.54. The number of benzene rings is 4. The van der Waals surface area contributed by atoms with E-state index in [0.717, 1.165) is 27.3 Å². The van der Waals surface area contributed by atoms with E-state index in [1.165, 1.54) is 5.39 Å². The molecule has 0 bridgehead atoms. The molecule has 2 N–H and O–H groups in total. The summed E-state index contributed by atoms with van der Waals surface area (Å²) < 4.78 is 0. The van der Waals surface area contributed by atoms with E-state index in [2.05, 4.69) is 46.7 Å². The molecule has 4 aromatic carbocycles. The van der Waals surface area contributed by atoms with Gasteiger partial charge in [-0.1, -0.05) is 72.8 Å². The fourth-order valence-electron chi connectivity index (χ4n) is 3.11. The van der Waals surface area contributed by atoms with Gasteiger partial charge in [-0.15, -0.1) is 0 Å². The number of rotatable bonds is 2. The van der Waals surface area contributed by atoms with E-state index < -0.39 is 0 Å². The summed E-state index contributed by atoms with van der Waals surface area (Å²) in [5.74, 6) is 0.933. The first-order valence-corrected chi connectivity index (χ1v) is 8.58. The molecule has 26 heavy (non-hydrogen) atoms. The first-order chi connectivity index (χ1) is 12.7. The Bertz CT molecular complexity index is 1140. The first kappa shape index (κ1) is 16.0. The van der Waals surface area contributed by atoms with Crippen LogP contribution in [-0.2, 0) is 0 Å². The SMILES string of the molecule is CN/C(=N\C(=N)c1ccc2ccccc2c1)c1ccc2ccccc2c1. The van der Waals surface area contributed by atoms with E-state index in [-0.39, 0.29) is 5.84 Å². The van der Waals surface area contributed by atoms with Crippen molar-refractivity contribution in [2.45, 2.75) is 0 Å². The van der Waals surface area contributed by atoms with Crippen molar-refractivity contribution in [1.29, 1.82) is 5.41 Å². The van der Waals surface area contributed by atoms with E-state index in [1.54, 1.807) is 0 Å². The van der Waals surface area contributed by atoms with E-state index in [1.807, 2.05) is 55.6 Å². The number of amidine groups is 2. The number of aliphatic imine (C=N–C) groups is 1. The third kappa shape index (κ3) is 3.07. The van der Waals surface area contributed by atoms with Crippen molar-refractivity contribution in [2.24, 2.45) is 4.99 Å². The molecule has 0 atom stereocenters. The lowest BCUT2D eigenvalue weighted by Gasteiger charge is -2.09. The second-order valence-electron chi connectivity index (χ2n) is 6.18. The maximum absolute atomic E-state index is 8.42. The van der Waals surface area contributed by atoms with Gasteiger partial charge < -0.3 is 5.32 Å². The summed E-state index contributed by atoms with van der Waals surface area (Å²) >= 11 is 0. The van der Waals surface area contributed by atoms with Gasteiger partial charge in [-0.3, -0.25) is 5.41 Å². The molecular weight excluding hydrogens is 318 g/mol. The minimum Gasteiger partial charge on any atom is -0.373 e. The first-order valence-electron chi connectivity index (χ1n) is 8.58. The molecule has 3 heteroatoms. The van der Waals surface area contributed by atoms with Crippen LogP contribution in [0.3, 0.4) is 0 Å². The Hall–Kier alpha value is -3.46. The minimum absolute atomic E-state index is 0.244. The van der Waals surface area contributed by atoms with Gasteiger partial charge in [0.15, 0.2) is 5.84 Å². The summed E-state index contributed by atoms with van der Waals surface area (Å²) in [5.41, 5.74) is 1.77. The molecule has 4 aromatic rings. The van der Waals surface area contributed by atoms with Gasteiger partial charge in [0, 0.05) is 18.2 Å². The topological polar surface area (TPSA) is 48.2 Å². The molecule has 0 saturated carbocycles. The summed E-state index contributed by atoms with van der Waals surface area (Å²) in [6, 6.07) is 28.6. The lowest BCUT2D eigenvalue weighted by molar-refractivity contribution is 1.16. The Morgan fingerprint density at radius 1 is 0.692 bits per heavy atom. The maximum Gasteiger partial charge on any atom is 0.154 e. The molecule has 0 amide bonds. The Balaban J connectivity index is 1.71. The third-order valence-corrected chi connectivity index (χ3v) is 4.51. The molecule has 126 valence electrons. The number of nitrogens with zero attached hydrogens (tertiary/aromatic N) is 1. The molecule has 0 aliphatic heterocycles. The molecule has 0 unspecified atom stereocenters. The summed E-state index contributed by atoms with van der Waals surface area (Å²) in [5, 5.41) is 16.2. The maximum atomic E-state index is 8.42. The van der Waals surface area contributed by atoms with Crippen LogP contribution < -0.4 is 5.32 Å². The minimum atomic E-state index is 0.244. The van der Waals surface area contributed by atoms with E-state index in [9.17, 15) is 0 Å². The number of nitrogens with one attached hydrogen (secondary N) is 2. The highest BCUT2D eigenvalue weighted by Crippen LogP contribution is 2.18. The van der Waals surface area contributed by atoms with E-state index in [4.69, 9.17) is 5.41 Å². The summed E-state index contributed by atoms with van der Waals surface area (Å²) in [7, 11) is 1.84. The average molecular weight is 337 g/mol. The van der Waals surface area contributed by atoms with Gasteiger partial charge in [0.1, 0.15) is 5.84 Å². The van der Waals surface area contributed by atoms with E-state index in [0.29, 0.717) is 5.84 Å². The number of hydrogen-bond acceptors (Lipinski definition) is 1. The van der Waals surface area contributed by atoms with Crippen LogP contribution in [0.15, 0.2) is 89.9 Å². The van der Waals surface area contributed by atoms with Crippen LogP contribution in [0.1, 0.15) is 11.1 Å². The van der Waals surface area contributed by atoms with Crippen molar-refractivity contribution >= 4 is 33.2 Å². The third-order valence-electron chi connectivity index (χ3n) is 4.51. The molecule has 0 aliphatic rings. The van der Waals surface area contributed by atoms with Gasteiger partial charge in [-0.25, -0.2) is 4.99 Å². The molecular formula is C23H19N3. The van der Waals surface area contributed by atoms with Gasteiger partial charge in [-0.05, 0) is 33.7 Å². The predicted molar refractivity (Wildman–Crippen MR) is 110 cm³/mol. The molecule has 0 fully saturated rings. The van der Waals surface area contributed by atoms with Crippen molar-refractivity contribution in [3.05, 3.63) is 96.1 Å². The van der Waals surface area contributed by atoms with Crippen molar-refractivity contribution in [1.82, 2.24) is 5.32 Å². The van der Waals surface area contributed by atoms with Crippen molar-refractivity contribution in [2.75, 3.05) is 7.05 Å². The van der Waals surface area contributed by atoms with Crippen LogP contribution in [0, 0.1) is 5.41 Å². The number of fused-ring (bicyclic) bond motifs is 2. The molecule has 0 radical (unpaired) electrons. The fraction of sp³-hybridized carbons (Fsp3) is 0.0435. The fourth-order valence-corrected chi connectivity index (χ4v) is 3.11. The average Bonchev–Trinajstić information content (AvgIpc) is 2.71. The van der Waals surface area contributed by atoms with Crippen LogP contribution in [0.4, 0.5) is 0 Å². The highest BCUT2D eigenvalue weighted by atomic mass is 15.0. The molecule has 0 heterocycles. The van der Waals surface area contributed by atoms with Gasteiger partial charge in [-0.2, -0.15) is 0 Å². The van der Waals surface area contributed by atoms with Crippen LogP contribution in [0.25, 0.3) is 21.5 Å². The molecule has 0 spiro atoms. The van der Waals surface area contributed by atoms with Crippen LogP contribution >= 0.6 is 0 Å². The van der Waals surface area contributed by atoms with Crippen molar-refractivity contribution in [3.8, 4) is 0 Å². The normalized spacial score (nSPS) is 11.7. The van der Waals surface area contributed by atoms with Gasteiger partial charge in [0.2, 0.25) is 0 Å². The molecule has 4 rings (SSSR count). The highest BCUT2D eigenvalue weighted by molar-refractivity contribution is 6.12. The van der Waals surface area contributed by atoms with E-state index >= 15 is 0 Å². The second-order valence-corrected chi connectivity index (χ2v) is 6.18.